The monoisotopic (exact) mass is 446 g/mol. The second kappa shape index (κ2) is 9.67. The van der Waals surface area contributed by atoms with Crippen molar-refractivity contribution >= 4 is 23.1 Å². The molecule has 0 atom stereocenters. The molecule has 2 rings (SSSR count). The molecule has 0 heterocycles. The van der Waals surface area contributed by atoms with Gasteiger partial charge in [0.25, 0.3) is 0 Å². The van der Waals surface area contributed by atoms with Crippen LogP contribution in [-0.4, -0.2) is 23.1 Å². The third-order valence-electron chi connectivity index (χ3n) is 2.16. The summed E-state index contributed by atoms with van der Waals surface area (Å²) in [5.74, 6) is 0. The fourth-order valence-corrected chi connectivity index (χ4v) is 1.38. The van der Waals surface area contributed by atoms with E-state index in [0.717, 1.165) is 0 Å². The molecule has 2 aromatic rings. The van der Waals surface area contributed by atoms with Gasteiger partial charge in [-0.05, 0) is 18.1 Å². The molecular weight excluding hydrogens is 434 g/mol. The largest absolute Gasteiger partial charge is 2.00 e. The first-order chi connectivity index (χ1) is 6.36. The minimum Gasteiger partial charge on any atom is -1.00 e. The molecule has 0 nitrogen and oxygen atoms in total. The van der Waals surface area contributed by atoms with Crippen LogP contribution in [-0.2, 0) is 0 Å². The predicted molar refractivity (Wildman–Crippen MR) is 62.4 cm³/mol. The summed E-state index contributed by atoms with van der Waals surface area (Å²) >= 11 is 0. The molecule has 0 saturated carbocycles. The Bertz CT molecular complexity index is 384. The Morgan fingerprint density at radius 2 is 1.06 bits per heavy atom. The van der Waals surface area contributed by atoms with Crippen molar-refractivity contribution in [3.63, 3.8) is 0 Å². The molecule has 0 amide bonds. The number of aryl methyl sites for hydroxylation is 1. The van der Waals surface area contributed by atoms with E-state index in [1.54, 1.807) is 0 Å². The fourth-order valence-electron chi connectivity index (χ4n) is 1.38. The molecule has 2 aromatic carbocycles. The van der Waals surface area contributed by atoms with E-state index in [4.69, 9.17) is 0 Å². The van der Waals surface area contributed by atoms with Crippen LogP contribution in [0.3, 0.4) is 0 Å². The molecule has 80 valence electrons. The number of hydrogen-bond acceptors (Lipinski definition) is 0. The van der Waals surface area contributed by atoms with E-state index >= 15 is 0 Å². The van der Waals surface area contributed by atoms with Crippen LogP contribution in [0.25, 0.3) is 11.1 Å². The summed E-state index contributed by atoms with van der Waals surface area (Å²) in [4.78, 5) is 0. The first-order valence-electron chi connectivity index (χ1n) is 4.48. The number of benzene rings is 2. The molecule has 0 aliphatic carbocycles. The Labute approximate surface area is 147 Å². The maximum absolute atomic E-state index is 2.16. The van der Waals surface area contributed by atoms with Gasteiger partial charge in [-0.2, -0.15) is 0 Å². The van der Waals surface area contributed by atoms with Crippen molar-refractivity contribution in [1.82, 2.24) is 0 Å². The van der Waals surface area contributed by atoms with E-state index in [2.05, 4.69) is 55.5 Å². The van der Waals surface area contributed by atoms with Gasteiger partial charge in [-0.15, -0.1) is 0 Å². The van der Waals surface area contributed by atoms with Gasteiger partial charge >= 0.3 is 23.1 Å². The Hall–Kier alpha value is 0.666. The van der Waals surface area contributed by atoms with Gasteiger partial charge < -0.3 is 48.0 Å². The summed E-state index contributed by atoms with van der Waals surface area (Å²) in [6.45, 7) is 2.11. The SMILES string of the molecule is Cc1ccc(-c2ccccc2)cc1.[I-].[I-].[Mg+2]. The van der Waals surface area contributed by atoms with Crippen molar-refractivity contribution in [1.29, 1.82) is 0 Å². The van der Waals surface area contributed by atoms with Gasteiger partial charge in [0.1, 0.15) is 0 Å². The quantitative estimate of drug-likeness (QED) is 0.330. The van der Waals surface area contributed by atoms with Gasteiger partial charge in [-0.3, -0.25) is 0 Å². The van der Waals surface area contributed by atoms with Crippen molar-refractivity contribution < 1.29 is 48.0 Å². The summed E-state index contributed by atoms with van der Waals surface area (Å²) in [5.41, 5.74) is 3.87. The van der Waals surface area contributed by atoms with Gasteiger partial charge in [0.2, 0.25) is 0 Å². The normalized spacial score (nSPS) is 8.06. The van der Waals surface area contributed by atoms with Crippen LogP contribution in [0.15, 0.2) is 54.6 Å². The van der Waals surface area contributed by atoms with Crippen LogP contribution in [0.2, 0.25) is 0 Å². The second-order valence-corrected chi connectivity index (χ2v) is 3.23. The van der Waals surface area contributed by atoms with Gasteiger partial charge in [0.15, 0.2) is 0 Å². The molecule has 0 aliphatic heterocycles. The fraction of sp³-hybridized carbons (Fsp3) is 0.0769. The van der Waals surface area contributed by atoms with Crippen molar-refractivity contribution in [2.24, 2.45) is 0 Å². The third kappa shape index (κ3) is 5.33. The maximum atomic E-state index is 2.16. The maximum Gasteiger partial charge on any atom is 2.00 e. The molecule has 0 aromatic heterocycles. The zero-order valence-corrected chi connectivity index (χ0v) is 14.9. The summed E-state index contributed by atoms with van der Waals surface area (Å²) in [6.07, 6.45) is 0. The van der Waals surface area contributed by atoms with Crippen LogP contribution in [0.5, 0.6) is 0 Å². The summed E-state index contributed by atoms with van der Waals surface area (Å²) in [7, 11) is 0. The van der Waals surface area contributed by atoms with Crippen LogP contribution in [0, 0.1) is 6.92 Å². The van der Waals surface area contributed by atoms with E-state index in [0.29, 0.717) is 0 Å². The first-order valence-corrected chi connectivity index (χ1v) is 4.48. The standard InChI is InChI=1S/C13H12.2HI.Mg/c1-11-7-9-13(10-8-11)12-5-3-2-4-6-12;;;/h2-10H,1H3;2*1H;/q;;;+2/p-2. The molecular formula is C13H12I2Mg. The summed E-state index contributed by atoms with van der Waals surface area (Å²) in [6, 6.07) is 19.0. The summed E-state index contributed by atoms with van der Waals surface area (Å²) < 4.78 is 0. The van der Waals surface area contributed by atoms with Gasteiger partial charge in [-0.1, -0.05) is 60.2 Å². The van der Waals surface area contributed by atoms with Crippen molar-refractivity contribution in [2.45, 2.75) is 6.92 Å². The number of halogens is 2. The first kappa shape index (κ1) is 19.0. The zero-order chi connectivity index (χ0) is 9.10. The number of rotatable bonds is 1. The topological polar surface area (TPSA) is 0 Å². The van der Waals surface area contributed by atoms with Gasteiger partial charge in [0, 0.05) is 0 Å². The van der Waals surface area contributed by atoms with E-state index in [1.807, 2.05) is 6.07 Å². The van der Waals surface area contributed by atoms with Crippen LogP contribution in [0.1, 0.15) is 5.56 Å². The minimum absolute atomic E-state index is 0. The number of hydrogen-bond donors (Lipinski definition) is 0. The molecule has 16 heavy (non-hydrogen) atoms. The minimum atomic E-state index is 0. The molecule has 0 spiro atoms. The third-order valence-corrected chi connectivity index (χ3v) is 2.16. The van der Waals surface area contributed by atoms with E-state index < -0.39 is 0 Å². The second-order valence-electron chi connectivity index (χ2n) is 3.23. The van der Waals surface area contributed by atoms with E-state index in [9.17, 15) is 0 Å². The smallest absolute Gasteiger partial charge is 1.00 e. The van der Waals surface area contributed by atoms with E-state index in [1.165, 1.54) is 16.7 Å². The Morgan fingerprint density at radius 3 is 1.56 bits per heavy atom. The van der Waals surface area contributed by atoms with Crippen LogP contribution in [0.4, 0.5) is 0 Å². The molecule has 0 fully saturated rings. The molecule has 0 radical (unpaired) electrons. The van der Waals surface area contributed by atoms with Gasteiger partial charge in [0.05, 0.1) is 0 Å². The van der Waals surface area contributed by atoms with E-state index in [-0.39, 0.29) is 71.0 Å². The average molecular weight is 446 g/mol. The van der Waals surface area contributed by atoms with Gasteiger partial charge in [-0.25, -0.2) is 0 Å². The molecule has 0 bridgehead atoms. The van der Waals surface area contributed by atoms with Crippen molar-refractivity contribution in [2.75, 3.05) is 0 Å². The Balaban J connectivity index is 0. The average Bonchev–Trinajstić information content (AvgIpc) is 2.20. The Morgan fingerprint density at radius 1 is 0.625 bits per heavy atom. The molecule has 0 N–H and O–H groups in total. The predicted octanol–water partition coefficient (Wildman–Crippen LogP) is -2.71. The summed E-state index contributed by atoms with van der Waals surface area (Å²) in [5, 5.41) is 0. The zero-order valence-electron chi connectivity index (χ0n) is 9.16. The molecule has 0 saturated heterocycles. The van der Waals surface area contributed by atoms with Crippen LogP contribution < -0.4 is 48.0 Å². The molecule has 3 heteroatoms. The van der Waals surface area contributed by atoms with Crippen molar-refractivity contribution in [3.05, 3.63) is 60.2 Å². The van der Waals surface area contributed by atoms with Crippen LogP contribution >= 0.6 is 0 Å². The molecule has 0 unspecified atom stereocenters. The Kier molecular flexibility index (Phi) is 11.5. The molecule has 0 aliphatic rings. The van der Waals surface area contributed by atoms with Crippen molar-refractivity contribution in [3.8, 4) is 11.1 Å².